The van der Waals surface area contributed by atoms with Gasteiger partial charge < -0.3 is 9.90 Å². The van der Waals surface area contributed by atoms with E-state index in [2.05, 4.69) is 19.7 Å². The fourth-order valence-electron chi connectivity index (χ4n) is 2.97. The van der Waals surface area contributed by atoms with Crippen LogP contribution >= 0.6 is 11.8 Å². The van der Waals surface area contributed by atoms with Crippen LogP contribution in [0.2, 0.25) is 0 Å². The third kappa shape index (κ3) is 3.90. The summed E-state index contributed by atoms with van der Waals surface area (Å²) in [7, 11) is 0. The molecule has 0 amide bonds. The fraction of sp³-hybridized carbons (Fsp3) is 0.500. The van der Waals surface area contributed by atoms with Crippen LogP contribution in [0.25, 0.3) is 11.4 Å². The zero-order valence-electron chi connectivity index (χ0n) is 12.9. The van der Waals surface area contributed by atoms with E-state index in [0.717, 1.165) is 29.4 Å². The van der Waals surface area contributed by atoms with Gasteiger partial charge in [0.25, 0.3) is 0 Å². The van der Waals surface area contributed by atoms with E-state index in [1.54, 1.807) is 12.4 Å². The van der Waals surface area contributed by atoms with Gasteiger partial charge in [0.05, 0.1) is 0 Å². The number of aromatic nitrogens is 4. The number of carboxylic acid groups (broad SMARTS) is 1. The van der Waals surface area contributed by atoms with Crippen molar-refractivity contribution in [3.05, 3.63) is 24.5 Å². The number of carboxylic acids is 1. The SMILES string of the molecule is O=C([O-])CCSc1nnc(-c2ccncc2)n1C1CCCCC1. The number of nitrogens with zero attached hydrogens (tertiary/aromatic N) is 4. The molecular formula is C16H19N4O2S-. The van der Waals surface area contributed by atoms with Gasteiger partial charge in [0.1, 0.15) is 0 Å². The van der Waals surface area contributed by atoms with Gasteiger partial charge in [-0.1, -0.05) is 31.0 Å². The maximum atomic E-state index is 10.6. The van der Waals surface area contributed by atoms with Crippen molar-refractivity contribution in [3.63, 3.8) is 0 Å². The lowest BCUT2D eigenvalue weighted by Gasteiger charge is -2.25. The highest BCUT2D eigenvalue weighted by molar-refractivity contribution is 7.99. The predicted octanol–water partition coefficient (Wildman–Crippen LogP) is 2.08. The zero-order chi connectivity index (χ0) is 16.1. The Balaban J connectivity index is 1.89. The normalized spacial score (nSPS) is 15.7. The van der Waals surface area contributed by atoms with Gasteiger partial charge in [0.15, 0.2) is 11.0 Å². The Morgan fingerprint density at radius 1 is 1.22 bits per heavy atom. The quantitative estimate of drug-likeness (QED) is 0.754. The minimum absolute atomic E-state index is 0.0206. The van der Waals surface area contributed by atoms with Crippen LogP contribution in [-0.4, -0.2) is 31.5 Å². The number of carbonyl (C=O) groups excluding carboxylic acids is 1. The fourth-order valence-corrected chi connectivity index (χ4v) is 3.89. The first-order chi connectivity index (χ1) is 11.3. The molecule has 23 heavy (non-hydrogen) atoms. The van der Waals surface area contributed by atoms with E-state index < -0.39 is 5.97 Å². The van der Waals surface area contributed by atoms with Crippen molar-refractivity contribution in [2.45, 2.75) is 49.7 Å². The Kier molecular flexibility index (Phi) is 5.27. The van der Waals surface area contributed by atoms with Crippen LogP contribution in [0, 0.1) is 0 Å². The average Bonchev–Trinajstić information content (AvgIpc) is 3.00. The summed E-state index contributed by atoms with van der Waals surface area (Å²) in [5.74, 6) is 0.259. The molecule has 3 rings (SSSR count). The number of hydrogen-bond acceptors (Lipinski definition) is 6. The van der Waals surface area contributed by atoms with E-state index in [1.807, 2.05) is 12.1 Å². The number of hydrogen-bond donors (Lipinski definition) is 0. The molecule has 0 N–H and O–H groups in total. The molecule has 6 nitrogen and oxygen atoms in total. The highest BCUT2D eigenvalue weighted by Crippen LogP contribution is 2.35. The Labute approximate surface area is 139 Å². The molecule has 0 saturated heterocycles. The van der Waals surface area contributed by atoms with Gasteiger partial charge in [-0.3, -0.25) is 9.55 Å². The van der Waals surface area contributed by atoms with Crippen molar-refractivity contribution in [1.29, 1.82) is 0 Å². The lowest BCUT2D eigenvalue weighted by atomic mass is 9.95. The standard InChI is InChI=1S/C16H20N4O2S/c21-14(22)8-11-23-16-19-18-15(12-6-9-17-10-7-12)20(16)13-4-2-1-3-5-13/h6-7,9-10,13H,1-5,8,11H2,(H,21,22)/p-1. The van der Waals surface area contributed by atoms with Gasteiger partial charge in [0.2, 0.25) is 0 Å². The highest BCUT2D eigenvalue weighted by atomic mass is 32.2. The van der Waals surface area contributed by atoms with E-state index in [4.69, 9.17) is 0 Å². The van der Waals surface area contributed by atoms with Gasteiger partial charge in [0, 0.05) is 35.7 Å². The number of carbonyl (C=O) groups is 1. The zero-order valence-corrected chi connectivity index (χ0v) is 13.7. The lowest BCUT2D eigenvalue weighted by molar-refractivity contribution is -0.305. The summed E-state index contributed by atoms with van der Waals surface area (Å²) in [6.45, 7) is 0. The van der Waals surface area contributed by atoms with Crippen molar-refractivity contribution in [2.24, 2.45) is 0 Å². The molecule has 0 unspecified atom stereocenters. The van der Waals surface area contributed by atoms with Crippen molar-refractivity contribution >= 4 is 17.7 Å². The molecule has 1 fully saturated rings. The summed E-state index contributed by atoms with van der Waals surface area (Å²) in [5, 5.41) is 20.1. The molecule has 0 atom stereocenters. The number of thioether (sulfide) groups is 1. The maximum absolute atomic E-state index is 10.6. The lowest BCUT2D eigenvalue weighted by Crippen LogP contribution is -2.22. The van der Waals surface area contributed by atoms with Gasteiger partial charge in [-0.15, -0.1) is 10.2 Å². The molecular weight excluding hydrogens is 312 g/mol. The van der Waals surface area contributed by atoms with Gasteiger partial charge in [-0.25, -0.2) is 0 Å². The molecule has 0 bridgehead atoms. The number of aliphatic carboxylic acids is 1. The second kappa shape index (κ2) is 7.59. The van der Waals surface area contributed by atoms with Crippen LogP contribution in [0.15, 0.2) is 29.7 Å². The Morgan fingerprint density at radius 3 is 2.65 bits per heavy atom. The molecule has 0 aromatic carbocycles. The van der Waals surface area contributed by atoms with Crippen LogP contribution in [0.5, 0.6) is 0 Å². The first kappa shape index (κ1) is 16.0. The minimum Gasteiger partial charge on any atom is -0.550 e. The molecule has 1 aliphatic rings. The van der Waals surface area contributed by atoms with Gasteiger partial charge in [-0.05, 0) is 31.4 Å². The summed E-state index contributed by atoms with van der Waals surface area (Å²) >= 11 is 1.44. The van der Waals surface area contributed by atoms with Crippen molar-refractivity contribution < 1.29 is 9.90 Å². The highest BCUT2D eigenvalue weighted by Gasteiger charge is 2.23. The number of pyridine rings is 1. The predicted molar refractivity (Wildman–Crippen MR) is 85.7 cm³/mol. The Bertz CT molecular complexity index is 653. The second-order valence-corrected chi connectivity index (χ2v) is 6.74. The van der Waals surface area contributed by atoms with E-state index in [-0.39, 0.29) is 6.42 Å². The molecule has 0 aliphatic heterocycles. The molecule has 122 valence electrons. The smallest absolute Gasteiger partial charge is 0.191 e. The van der Waals surface area contributed by atoms with Crippen LogP contribution in [-0.2, 0) is 4.79 Å². The average molecular weight is 331 g/mol. The van der Waals surface area contributed by atoms with Gasteiger partial charge >= 0.3 is 0 Å². The summed E-state index contributed by atoms with van der Waals surface area (Å²) in [6.07, 6.45) is 9.44. The molecule has 2 aromatic rings. The van der Waals surface area contributed by atoms with E-state index >= 15 is 0 Å². The largest absolute Gasteiger partial charge is 0.550 e. The molecule has 0 radical (unpaired) electrons. The molecule has 2 heterocycles. The van der Waals surface area contributed by atoms with E-state index in [0.29, 0.717) is 11.8 Å². The van der Waals surface area contributed by atoms with Crippen LogP contribution in [0.1, 0.15) is 44.6 Å². The molecule has 7 heteroatoms. The van der Waals surface area contributed by atoms with Gasteiger partial charge in [-0.2, -0.15) is 0 Å². The molecule has 1 aliphatic carbocycles. The molecule has 2 aromatic heterocycles. The van der Waals surface area contributed by atoms with Crippen LogP contribution < -0.4 is 5.11 Å². The third-order valence-corrected chi connectivity index (χ3v) is 5.03. The van der Waals surface area contributed by atoms with Crippen molar-refractivity contribution in [3.8, 4) is 11.4 Å². The summed E-state index contributed by atoms with van der Waals surface area (Å²) in [5.41, 5.74) is 0.991. The van der Waals surface area contributed by atoms with E-state index in [1.165, 1.54) is 31.0 Å². The van der Waals surface area contributed by atoms with E-state index in [9.17, 15) is 9.90 Å². The molecule has 1 saturated carbocycles. The number of rotatable bonds is 6. The first-order valence-corrected chi connectivity index (χ1v) is 8.92. The maximum Gasteiger partial charge on any atom is 0.191 e. The second-order valence-electron chi connectivity index (χ2n) is 5.67. The van der Waals surface area contributed by atoms with Crippen molar-refractivity contribution in [2.75, 3.05) is 5.75 Å². The Hall–Kier alpha value is -1.89. The summed E-state index contributed by atoms with van der Waals surface area (Å²) < 4.78 is 2.19. The van der Waals surface area contributed by atoms with Crippen LogP contribution in [0.4, 0.5) is 0 Å². The summed E-state index contributed by atoms with van der Waals surface area (Å²) in [6, 6.07) is 4.24. The van der Waals surface area contributed by atoms with Crippen LogP contribution in [0.3, 0.4) is 0 Å². The first-order valence-electron chi connectivity index (χ1n) is 7.93. The molecule has 0 spiro atoms. The Morgan fingerprint density at radius 2 is 1.96 bits per heavy atom. The topological polar surface area (TPSA) is 83.7 Å². The monoisotopic (exact) mass is 331 g/mol. The third-order valence-electron chi connectivity index (χ3n) is 4.08. The summed E-state index contributed by atoms with van der Waals surface area (Å²) in [4.78, 5) is 14.7. The van der Waals surface area contributed by atoms with Crippen molar-refractivity contribution in [1.82, 2.24) is 19.7 Å². The minimum atomic E-state index is -1.03.